The van der Waals surface area contributed by atoms with Gasteiger partial charge in [-0.1, -0.05) is 30.9 Å². The van der Waals surface area contributed by atoms with Crippen LogP contribution in [0.25, 0.3) is 16.9 Å². The van der Waals surface area contributed by atoms with Gasteiger partial charge in [0.05, 0.1) is 17.3 Å². The number of benzene rings is 1. The number of aromatic nitrogens is 6. The molecular formula is C23H27ClN8O. The van der Waals surface area contributed by atoms with E-state index in [0.29, 0.717) is 29.4 Å². The van der Waals surface area contributed by atoms with E-state index in [4.69, 9.17) is 21.3 Å². The number of rotatable bonds is 7. The van der Waals surface area contributed by atoms with Crippen LogP contribution in [0.5, 0.6) is 5.75 Å². The highest BCUT2D eigenvalue weighted by Crippen LogP contribution is 2.33. The third-order valence-corrected chi connectivity index (χ3v) is 6.21. The van der Waals surface area contributed by atoms with Crippen molar-refractivity contribution in [3.63, 3.8) is 0 Å². The molecule has 1 fully saturated rings. The molecule has 3 aromatic heterocycles. The van der Waals surface area contributed by atoms with Crippen LogP contribution in [0.2, 0.25) is 5.02 Å². The largest absolute Gasteiger partial charge is 0.492 e. The summed E-state index contributed by atoms with van der Waals surface area (Å²) in [5.41, 5.74) is 2.47. The third kappa shape index (κ3) is 4.45. The van der Waals surface area contributed by atoms with Crippen molar-refractivity contribution in [3.05, 3.63) is 41.8 Å². The van der Waals surface area contributed by atoms with Crippen LogP contribution in [0.15, 0.2) is 36.8 Å². The lowest BCUT2D eigenvalue weighted by atomic mass is 9.95. The van der Waals surface area contributed by atoms with E-state index >= 15 is 0 Å². The fourth-order valence-corrected chi connectivity index (χ4v) is 4.52. The van der Waals surface area contributed by atoms with Crippen LogP contribution in [0.3, 0.4) is 0 Å². The molecular weight excluding hydrogens is 440 g/mol. The van der Waals surface area contributed by atoms with Gasteiger partial charge in [-0.15, -0.1) is 15.3 Å². The second-order valence-electron chi connectivity index (χ2n) is 8.25. The van der Waals surface area contributed by atoms with Crippen LogP contribution in [-0.4, -0.2) is 42.0 Å². The van der Waals surface area contributed by atoms with E-state index in [-0.39, 0.29) is 0 Å². The van der Waals surface area contributed by atoms with Gasteiger partial charge in [-0.3, -0.25) is 0 Å². The fourth-order valence-electron chi connectivity index (χ4n) is 4.29. The Hall–Kier alpha value is -3.33. The SMILES string of the molecule is CCOc1cc(-c2nncn2C)ccc1Nc1nc(NC2CCCCC2)c2c(Cl)ccn2n1. The maximum Gasteiger partial charge on any atom is 0.247 e. The first-order chi connectivity index (χ1) is 16.1. The van der Waals surface area contributed by atoms with Crippen LogP contribution in [-0.2, 0) is 7.05 Å². The maximum atomic E-state index is 6.46. The molecule has 1 aliphatic carbocycles. The number of ether oxygens (including phenoxy) is 1. The molecule has 1 aromatic carbocycles. The summed E-state index contributed by atoms with van der Waals surface area (Å²) in [5, 5.41) is 20.3. The molecule has 3 heterocycles. The quantitative estimate of drug-likeness (QED) is 0.393. The number of nitrogens with one attached hydrogen (secondary N) is 2. The second-order valence-corrected chi connectivity index (χ2v) is 8.66. The summed E-state index contributed by atoms with van der Waals surface area (Å²) in [6.07, 6.45) is 9.54. The first-order valence-electron chi connectivity index (χ1n) is 11.3. The summed E-state index contributed by atoms with van der Waals surface area (Å²) < 4.78 is 9.54. The van der Waals surface area contributed by atoms with Crippen molar-refractivity contribution >= 4 is 34.6 Å². The highest BCUT2D eigenvalue weighted by Gasteiger charge is 2.19. The number of nitrogens with zero attached hydrogens (tertiary/aromatic N) is 6. The van der Waals surface area contributed by atoms with Gasteiger partial charge in [-0.05, 0) is 44.0 Å². The summed E-state index contributed by atoms with van der Waals surface area (Å²) in [4.78, 5) is 4.79. The molecule has 172 valence electrons. The van der Waals surface area contributed by atoms with Crippen molar-refractivity contribution in [3.8, 4) is 17.1 Å². The lowest BCUT2D eigenvalue weighted by Crippen LogP contribution is -2.23. The first kappa shape index (κ1) is 21.5. The standard InChI is InChI=1S/C23H27ClN8O/c1-3-33-19-13-15(22-29-25-14-31(22)2)9-10-18(19)27-23-28-21(26-16-7-5-4-6-8-16)20-17(24)11-12-32(20)30-23/h9-14,16H,3-8H2,1-2H3,(H2,26,27,28,30). The molecule has 1 aliphatic rings. The Morgan fingerprint density at radius 3 is 2.79 bits per heavy atom. The van der Waals surface area contributed by atoms with Crippen molar-refractivity contribution < 1.29 is 4.74 Å². The zero-order chi connectivity index (χ0) is 22.8. The van der Waals surface area contributed by atoms with Crippen molar-refractivity contribution in [1.29, 1.82) is 0 Å². The van der Waals surface area contributed by atoms with Crippen molar-refractivity contribution in [2.45, 2.75) is 45.1 Å². The number of hydrogen-bond donors (Lipinski definition) is 2. The minimum Gasteiger partial charge on any atom is -0.492 e. The van der Waals surface area contributed by atoms with Gasteiger partial charge in [0.1, 0.15) is 17.6 Å². The van der Waals surface area contributed by atoms with Gasteiger partial charge >= 0.3 is 0 Å². The van der Waals surface area contributed by atoms with Crippen LogP contribution in [0, 0.1) is 0 Å². The summed E-state index contributed by atoms with van der Waals surface area (Å²) in [6, 6.07) is 8.09. The summed E-state index contributed by atoms with van der Waals surface area (Å²) in [6.45, 7) is 2.48. The summed E-state index contributed by atoms with van der Waals surface area (Å²) in [5.74, 6) is 2.65. The number of anilines is 3. The van der Waals surface area contributed by atoms with Crippen LogP contribution in [0.1, 0.15) is 39.0 Å². The molecule has 0 saturated heterocycles. The van der Waals surface area contributed by atoms with Crippen molar-refractivity contribution in [1.82, 2.24) is 29.4 Å². The van der Waals surface area contributed by atoms with Gasteiger partial charge < -0.3 is 19.9 Å². The Labute approximate surface area is 197 Å². The van der Waals surface area contributed by atoms with E-state index in [9.17, 15) is 0 Å². The Kier molecular flexibility index (Phi) is 6.04. The summed E-state index contributed by atoms with van der Waals surface area (Å²) >= 11 is 6.46. The lowest BCUT2D eigenvalue weighted by Gasteiger charge is -2.24. The number of fused-ring (bicyclic) bond motifs is 1. The molecule has 0 spiro atoms. The van der Waals surface area contributed by atoms with Gasteiger partial charge in [0.15, 0.2) is 11.6 Å². The lowest BCUT2D eigenvalue weighted by molar-refractivity contribution is 0.342. The van der Waals surface area contributed by atoms with Crippen molar-refractivity contribution in [2.75, 3.05) is 17.2 Å². The highest BCUT2D eigenvalue weighted by atomic mass is 35.5. The zero-order valence-electron chi connectivity index (χ0n) is 18.8. The molecule has 0 radical (unpaired) electrons. The zero-order valence-corrected chi connectivity index (χ0v) is 19.5. The van der Waals surface area contributed by atoms with Crippen LogP contribution in [0.4, 0.5) is 17.5 Å². The van der Waals surface area contributed by atoms with Gasteiger partial charge in [-0.25, -0.2) is 4.52 Å². The van der Waals surface area contributed by atoms with Gasteiger partial charge in [-0.2, -0.15) is 4.98 Å². The number of aryl methyl sites for hydroxylation is 1. The van der Waals surface area contributed by atoms with E-state index in [0.717, 1.165) is 41.3 Å². The number of halogens is 1. The third-order valence-electron chi connectivity index (χ3n) is 5.91. The Morgan fingerprint density at radius 1 is 1.18 bits per heavy atom. The molecule has 1 saturated carbocycles. The van der Waals surface area contributed by atoms with E-state index in [1.54, 1.807) is 10.8 Å². The molecule has 0 atom stereocenters. The van der Waals surface area contributed by atoms with Crippen LogP contribution < -0.4 is 15.4 Å². The van der Waals surface area contributed by atoms with Gasteiger partial charge in [0, 0.05) is 24.8 Å². The predicted octanol–water partition coefficient (Wildman–Crippen LogP) is 5.07. The molecule has 0 aliphatic heterocycles. The maximum absolute atomic E-state index is 6.46. The first-order valence-corrected chi connectivity index (χ1v) is 11.7. The highest BCUT2D eigenvalue weighted by molar-refractivity contribution is 6.34. The molecule has 5 rings (SSSR count). The number of hydrogen-bond acceptors (Lipinski definition) is 7. The second kappa shape index (κ2) is 9.27. The Morgan fingerprint density at radius 2 is 2.03 bits per heavy atom. The van der Waals surface area contributed by atoms with Gasteiger partial charge in [0.25, 0.3) is 0 Å². The average molecular weight is 467 g/mol. The molecule has 4 aromatic rings. The van der Waals surface area contributed by atoms with E-state index in [2.05, 4.69) is 25.9 Å². The minimum atomic E-state index is 0.390. The van der Waals surface area contributed by atoms with Crippen molar-refractivity contribution in [2.24, 2.45) is 7.05 Å². The average Bonchev–Trinajstić information content (AvgIpc) is 3.41. The molecule has 0 unspecified atom stereocenters. The van der Waals surface area contributed by atoms with Crippen LogP contribution >= 0.6 is 11.6 Å². The normalized spacial score (nSPS) is 14.5. The van der Waals surface area contributed by atoms with E-state index < -0.39 is 0 Å². The van der Waals surface area contributed by atoms with E-state index in [1.165, 1.54) is 19.3 Å². The Balaban J connectivity index is 1.48. The summed E-state index contributed by atoms with van der Waals surface area (Å²) in [7, 11) is 1.91. The Bertz CT molecular complexity index is 1260. The molecule has 10 heteroatoms. The predicted molar refractivity (Wildman–Crippen MR) is 129 cm³/mol. The smallest absolute Gasteiger partial charge is 0.247 e. The monoisotopic (exact) mass is 466 g/mol. The topological polar surface area (TPSA) is 94.2 Å². The van der Waals surface area contributed by atoms with E-state index in [1.807, 2.05) is 49.0 Å². The molecule has 9 nitrogen and oxygen atoms in total. The molecule has 0 amide bonds. The molecule has 2 N–H and O–H groups in total. The molecule has 33 heavy (non-hydrogen) atoms. The van der Waals surface area contributed by atoms with Gasteiger partial charge in [0.2, 0.25) is 5.95 Å². The molecule has 0 bridgehead atoms. The minimum absolute atomic E-state index is 0.390. The fraction of sp³-hybridized carbons (Fsp3) is 0.391.